The minimum Gasteiger partial charge on any atom is -0.497 e. The summed E-state index contributed by atoms with van der Waals surface area (Å²) in [5.41, 5.74) is 1.33. The number of amides is 1. The van der Waals surface area contributed by atoms with Crippen molar-refractivity contribution in [3.63, 3.8) is 0 Å². The molecule has 0 aliphatic carbocycles. The molecule has 0 atom stereocenters. The predicted molar refractivity (Wildman–Crippen MR) is 106 cm³/mol. The lowest BCUT2D eigenvalue weighted by Gasteiger charge is -2.14. The van der Waals surface area contributed by atoms with E-state index in [0.29, 0.717) is 14.9 Å². The molecule has 1 fully saturated rings. The fourth-order valence-electron chi connectivity index (χ4n) is 2.33. The van der Waals surface area contributed by atoms with E-state index in [9.17, 15) is 13.2 Å². The van der Waals surface area contributed by atoms with E-state index in [-0.39, 0.29) is 10.8 Å². The van der Waals surface area contributed by atoms with Gasteiger partial charge in [0.1, 0.15) is 5.75 Å². The van der Waals surface area contributed by atoms with Gasteiger partial charge in [-0.1, -0.05) is 36.1 Å². The maximum Gasteiger partial charge on any atom is 0.270 e. The second kappa shape index (κ2) is 7.20. The summed E-state index contributed by atoms with van der Waals surface area (Å²) in [5.74, 6) is 0.462. The first-order valence-electron chi connectivity index (χ1n) is 7.34. The number of thiocarbonyl (C=S) groups is 1. The van der Waals surface area contributed by atoms with Gasteiger partial charge in [-0.25, -0.2) is 13.6 Å². The number of hydrogen-bond donors (Lipinski definition) is 1. The largest absolute Gasteiger partial charge is 0.497 e. The SMILES string of the molecule is COc1ccc(/C=C2\SC(=S)N(c3ccc(S(N)(=O)=O)cc3)C2=O)cc1. The van der Waals surface area contributed by atoms with Crippen molar-refractivity contribution in [3.05, 3.63) is 59.0 Å². The number of thioether (sulfide) groups is 1. The molecule has 1 heterocycles. The Morgan fingerprint density at radius 3 is 2.27 bits per heavy atom. The van der Waals surface area contributed by atoms with Gasteiger partial charge in [0.05, 0.1) is 22.6 Å². The molecule has 1 aliphatic heterocycles. The van der Waals surface area contributed by atoms with Crippen molar-refractivity contribution < 1.29 is 17.9 Å². The van der Waals surface area contributed by atoms with E-state index >= 15 is 0 Å². The molecule has 0 spiro atoms. The van der Waals surface area contributed by atoms with Crippen molar-refractivity contribution >= 4 is 56.0 Å². The van der Waals surface area contributed by atoms with E-state index in [1.807, 2.05) is 12.1 Å². The van der Waals surface area contributed by atoms with Crippen LogP contribution in [0.4, 0.5) is 5.69 Å². The van der Waals surface area contributed by atoms with Gasteiger partial charge in [0.25, 0.3) is 5.91 Å². The van der Waals surface area contributed by atoms with Crippen LogP contribution in [0.25, 0.3) is 6.08 Å². The molecule has 2 aromatic rings. The number of ether oxygens (including phenoxy) is 1. The summed E-state index contributed by atoms with van der Waals surface area (Å²) in [7, 11) is -2.21. The third-order valence-corrected chi connectivity index (χ3v) is 5.86. The topological polar surface area (TPSA) is 89.7 Å². The standard InChI is InChI=1S/C17H14N2O4S3/c1-23-13-6-2-11(3-7-13)10-15-16(20)19(17(24)25-15)12-4-8-14(9-5-12)26(18,21)22/h2-10H,1H3,(H2,18,21,22)/b15-10-. The number of anilines is 1. The van der Waals surface area contributed by atoms with Gasteiger partial charge in [-0.15, -0.1) is 0 Å². The van der Waals surface area contributed by atoms with Crippen LogP contribution in [0.3, 0.4) is 0 Å². The van der Waals surface area contributed by atoms with Crippen LogP contribution in [0, 0.1) is 0 Å². The summed E-state index contributed by atoms with van der Waals surface area (Å²) in [6, 6.07) is 13.0. The van der Waals surface area contributed by atoms with Crippen LogP contribution in [-0.2, 0) is 14.8 Å². The lowest BCUT2D eigenvalue weighted by Crippen LogP contribution is -2.27. The Hall–Kier alpha value is -2.20. The van der Waals surface area contributed by atoms with Gasteiger partial charge in [-0.2, -0.15) is 0 Å². The highest BCUT2D eigenvalue weighted by Gasteiger charge is 2.33. The number of primary sulfonamides is 1. The summed E-state index contributed by atoms with van der Waals surface area (Å²) in [6.45, 7) is 0. The average molecular weight is 407 g/mol. The van der Waals surface area contributed by atoms with Gasteiger partial charge in [-0.3, -0.25) is 9.69 Å². The zero-order valence-electron chi connectivity index (χ0n) is 13.6. The number of carbonyl (C=O) groups excluding carboxylic acids is 1. The second-order valence-corrected chi connectivity index (χ2v) is 8.57. The first kappa shape index (κ1) is 18.6. The van der Waals surface area contributed by atoms with Crippen LogP contribution >= 0.6 is 24.0 Å². The molecule has 0 unspecified atom stereocenters. The third-order valence-electron chi connectivity index (χ3n) is 3.63. The molecule has 0 bridgehead atoms. The number of benzene rings is 2. The number of hydrogen-bond acceptors (Lipinski definition) is 6. The third kappa shape index (κ3) is 3.80. The molecule has 0 radical (unpaired) electrons. The van der Waals surface area contributed by atoms with Crippen molar-refractivity contribution in [2.24, 2.45) is 5.14 Å². The van der Waals surface area contributed by atoms with E-state index < -0.39 is 10.0 Å². The zero-order valence-corrected chi connectivity index (χ0v) is 16.0. The first-order valence-corrected chi connectivity index (χ1v) is 10.1. The second-order valence-electron chi connectivity index (χ2n) is 5.33. The molecule has 2 aromatic carbocycles. The molecule has 1 aliphatic rings. The summed E-state index contributed by atoms with van der Waals surface area (Å²) in [5, 5.41) is 5.09. The highest BCUT2D eigenvalue weighted by Crippen LogP contribution is 2.36. The van der Waals surface area contributed by atoms with Gasteiger partial charge in [-0.05, 0) is 48.0 Å². The van der Waals surface area contributed by atoms with Gasteiger partial charge in [0, 0.05) is 0 Å². The number of nitrogens with two attached hydrogens (primary N) is 1. The predicted octanol–water partition coefficient (Wildman–Crippen LogP) is 2.75. The molecule has 1 saturated heterocycles. The minimum absolute atomic E-state index is 0.0273. The summed E-state index contributed by atoms with van der Waals surface area (Å²) >= 11 is 6.49. The molecule has 3 rings (SSSR count). The Bertz CT molecular complexity index is 997. The minimum atomic E-state index is -3.79. The van der Waals surface area contributed by atoms with Gasteiger partial charge < -0.3 is 4.74 Å². The zero-order chi connectivity index (χ0) is 18.9. The maximum atomic E-state index is 12.7. The molecule has 0 aromatic heterocycles. The molecule has 134 valence electrons. The van der Waals surface area contributed by atoms with Crippen LogP contribution in [-0.4, -0.2) is 25.8 Å². The van der Waals surface area contributed by atoms with Crippen molar-refractivity contribution in [1.82, 2.24) is 0 Å². The molecule has 6 nitrogen and oxygen atoms in total. The molecule has 0 saturated carbocycles. The van der Waals surface area contributed by atoms with Gasteiger partial charge >= 0.3 is 0 Å². The highest BCUT2D eigenvalue weighted by atomic mass is 32.2. The van der Waals surface area contributed by atoms with E-state index in [1.165, 1.54) is 40.9 Å². The Labute approximate surface area is 160 Å². The Balaban J connectivity index is 1.87. The van der Waals surface area contributed by atoms with Gasteiger partial charge in [0.15, 0.2) is 4.32 Å². The van der Waals surface area contributed by atoms with Crippen LogP contribution < -0.4 is 14.8 Å². The fourth-order valence-corrected chi connectivity index (χ4v) is 4.14. The lowest BCUT2D eigenvalue weighted by atomic mass is 10.2. The summed E-state index contributed by atoms with van der Waals surface area (Å²) < 4.78 is 28.2. The van der Waals surface area contributed by atoms with Gasteiger partial charge in [0.2, 0.25) is 10.0 Å². The molecule has 26 heavy (non-hydrogen) atoms. The number of methoxy groups -OCH3 is 1. The van der Waals surface area contributed by atoms with Crippen molar-refractivity contribution in [3.8, 4) is 5.75 Å². The smallest absolute Gasteiger partial charge is 0.270 e. The Kier molecular flexibility index (Phi) is 5.15. The fraction of sp³-hybridized carbons (Fsp3) is 0.0588. The molecule has 9 heteroatoms. The van der Waals surface area contributed by atoms with E-state index in [0.717, 1.165) is 11.3 Å². The van der Waals surface area contributed by atoms with Crippen molar-refractivity contribution in [2.45, 2.75) is 4.90 Å². The number of carbonyl (C=O) groups is 1. The molecular weight excluding hydrogens is 392 g/mol. The monoisotopic (exact) mass is 406 g/mol. The normalized spacial score (nSPS) is 16.4. The summed E-state index contributed by atoms with van der Waals surface area (Å²) in [4.78, 5) is 14.5. The molecule has 1 amide bonds. The maximum absolute atomic E-state index is 12.7. The van der Waals surface area contributed by atoms with Crippen LogP contribution in [0.2, 0.25) is 0 Å². The number of rotatable bonds is 4. The number of nitrogens with zero attached hydrogens (tertiary/aromatic N) is 1. The van der Waals surface area contributed by atoms with Crippen LogP contribution in [0.5, 0.6) is 5.75 Å². The first-order chi connectivity index (χ1) is 12.3. The van der Waals surface area contributed by atoms with Crippen LogP contribution in [0.1, 0.15) is 5.56 Å². The van der Waals surface area contributed by atoms with E-state index in [2.05, 4.69) is 0 Å². The van der Waals surface area contributed by atoms with Crippen molar-refractivity contribution in [2.75, 3.05) is 12.0 Å². The highest BCUT2D eigenvalue weighted by molar-refractivity contribution is 8.27. The van der Waals surface area contributed by atoms with E-state index in [1.54, 1.807) is 25.3 Å². The average Bonchev–Trinajstić information content (AvgIpc) is 2.88. The lowest BCUT2D eigenvalue weighted by molar-refractivity contribution is -0.113. The van der Waals surface area contributed by atoms with Crippen molar-refractivity contribution in [1.29, 1.82) is 0 Å². The summed E-state index contributed by atoms with van der Waals surface area (Å²) in [6.07, 6.45) is 1.75. The Morgan fingerprint density at radius 1 is 1.12 bits per heavy atom. The number of sulfonamides is 1. The molecular formula is C17H14N2O4S3. The van der Waals surface area contributed by atoms with E-state index in [4.69, 9.17) is 22.1 Å². The molecule has 2 N–H and O–H groups in total. The Morgan fingerprint density at radius 2 is 1.73 bits per heavy atom. The van der Waals surface area contributed by atoms with Crippen LogP contribution in [0.15, 0.2) is 58.3 Å². The quantitative estimate of drug-likeness (QED) is 0.620.